The molecular formula is C43H30N4S. The molecule has 0 aliphatic heterocycles. The molecule has 0 N–H and O–H groups in total. The highest BCUT2D eigenvalue weighted by Crippen LogP contribution is 2.38. The van der Waals surface area contributed by atoms with Crippen LogP contribution in [0.25, 0.3) is 81.8 Å². The van der Waals surface area contributed by atoms with Gasteiger partial charge in [0.1, 0.15) is 5.01 Å². The molecule has 48 heavy (non-hydrogen) atoms. The summed E-state index contributed by atoms with van der Waals surface area (Å²) < 4.78 is 1.21. The first-order valence-corrected chi connectivity index (χ1v) is 16.7. The van der Waals surface area contributed by atoms with Crippen LogP contribution in [0.4, 0.5) is 0 Å². The van der Waals surface area contributed by atoms with Crippen LogP contribution in [-0.4, -0.2) is 19.9 Å². The fourth-order valence-electron chi connectivity index (χ4n) is 5.99. The molecule has 0 fully saturated rings. The lowest BCUT2D eigenvalue weighted by Gasteiger charge is -2.11. The van der Waals surface area contributed by atoms with E-state index in [4.69, 9.17) is 19.9 Å². The summed E-state index contributed by atoms with van der Waals surface area (Å²) >= 11 is 1.75. The lowest BCUT2D eigenvalue weighted by atomic mass is 9.96. The minimum atomic E-state index is 0.641. The van der Waals surface area contributed by atoms with Crippen molar-refractivity contribution in [3.63, 3.8) is 0 Å². The second kappa shape index (κ2) is 12.6. The number of nitrogens with zero attached hydrogens (tertiary/aromatic N) is 4. The Morgan fingerprint density at radius 2 is 1.31 bits per heavy atom. The Kier molecular flexibility index (Phi) is 7.73. The zero-order valence-electron chi connectivity index (χ0n) is 26.3. The fraction of sp³-hybridized carbons (Fsp3) is 0.0233. The molecule has 0 spiro atoms. The van der Waals surface area contributed by atoms with Crippen LogP contribution in [0, 0.1) is 0 Å². The van der Waals surface area contributed by atoms with Crippen molar-refractivity contribution in [3.8, 4) is 44.5 Å². The van der Waals surface area contributed by atoms with Gasteiger partial charge in [-0.2, -0.15) is 0 Å². The third-order valence-corrected chi connectivity index (χ3v) is 9.61. The van der Waals surface area contributed by atoms with Crippen molar-refractivity contribution in [1.82, 2.24) is 19.9 Å². The van der Waals surface area contributed by atoms with Gasteiger partial charge in [0.05, 0.1) is 10.2 Å². The van der Waals surface area contributed by atoms with Crippen molar-refractivity contribution in [1.29, 1.82) is 0 Å². The number of rotatable bonds is 7. The molecule has 2 heterocycles. The first kappa shape index (κ1) is 29.4. The summed E-state index contributed by atoms with van der Waals surface area (Å²) in [7, 11) is 0. The second-order valence-corrected chi connectivity index (χ2v) is 12.6. The molecule has 4 nitrogen and oxygen atoms in total. The molecular weight excluding hydrogens is 605 g/mol. The Balaban J connectivity index is 1.22. The van der Waals surface area contributed by atoms with E-state index in [0.29, 0.717) is 17.5 Å². The second-order valence-electron chi connectivity index (χ2n) is 11.6. The van der Waals surface area contributed by atoms with Gasteiger partial charge in [-0.05, 0) is 58.0 Å². The van der Waals surface area contributed by atoms with Crippen LogP contribution in [0.3, 0.4) is 0 Å². The smallest absolute Gasteiger partial charge is 0.164 e. The third-order valence-electron chi connectivity index (χ3n) is 8.46. The number of aromatic nitrogens is 4. The predicted octanol–water partition coefficient (Wildman–Crippen LogP) is 11.6. The Labute approximate surface area is 283 Å². The Hall–Kier alpha value is -6.04. The summed E-state index contributed by atoms with van der Waals surface area (Å²) in [6, 6.07) is 44.4. The number of hydrogen-bond donors (Lipinski definition) is 0. The summed E-state index contributed by atoms with van der Waals surface area (Å²) in [6.07, 6.45) is 7.59. The zero-order chi connectivity index (χ0) is 32.5. The van der Waals surface area contributed by atoms with Crippen LogP contribution in [-0.2, 0) is 0 Å². The van der Waals surface area contributed by atoms with Crippen LogP contribution in [0.15, 0.2) is 158 Å². The van der Waals surface area contributed by atoms with Gasteiger partial charge in [-0.25, -0.2) is 19.9 Å². The monoisotopic (exact) mass is 634 g/mol. The average Bonchev–Trinajstić information content (AvgIpc) is 3.60. The summed E-state index contributed by atoms with van der Waals surface area (Å²) in [4.78, 5) is 19.8. The summed E-state index contributed by atoms with van der Waals surface area (Å²) in [6.45, 7) is 5.79. The fourth-order valence-corrected chi connectivity index (χ4v) is 7.09. The number of benzene rings is 6. The summed E-state index contributed by atoms with van der Waals surface area (Å²) in [5, 5.41) is 5.68. The lowest BCUT2D eigenvalue weighted by molar-refractivity contribution is 1.03. The third kappa shape index (κ3) is 5.61. The molecule has 0 unspecified atom stereocenters. The van der Waals surface area contributed by atoms with Crippen LogP contribution < -0.4 is 0 Å². The Morgan fingerprint density at radius 1 is 0.583 bits per heavy atom. The van der Waals surface area contributed by atoms with Crippen molar-refractivity contribution < 1.29 is 0 Å². The van der Waals surface area contributed by atoms with E-state index in [2.05, 4.69) is 97.6 Å². The molecule has 0 saturated heterocycles. The average molecular weight is 635 g/mol. The first-order valence-electron chi connectivity index (χ1n) is 15.8. The van der Waals surface area contributed by atoms with Crippen LogP contribution in [0.1, 0.15) is 12.7 Å². The van der Waals surface area contributed by atoms with E-state index in [1.165, 1.54) is 21.0 Å². The molecule has 0 amide bonds. The molecule has 0 atom stereocenters. The normalized spacial score (nSPS) is 12.0. The standard InChI is InChI=1S/C43H30N4S/c1-3-4-7-13-28(2)40-45-41(30-14-8-5-9-15-30)47-42(46-40)36-19-12-18-34-26-32(22-24-35(34)36)33-21-20-29-23-25-38-39(37(29)27-33)48-43(44-38)31-16-10-6-11-17-31/h3-27H,1H2,2H3/b7-4-,28-13+. The van der Waals surface area contributed by atoms with Gasteiger partial charge in [0.15, 0.2) is 17.5 Å². The molecule has 228 valence electrons. The van der Waals surface area contributed by atoms with E-state index < -0.39 is 0 Å². The van der Waals surface area contributed by atoms with Gasteiger partial charge in [0.25, 0.3) is 0 Å². The molecule has 8 rings (SSSR count). The largest absolute Gasteiger partial charge is 0.236 e. The van der Waals surface area contributed by atoms with E-state index in [-0.39, 0.29) is 0 Å². The van der Waals surface area contributed by atoms with Crippen molar-refractivity contribution >= 4 is 48.7 Å². The van der Waals surface area contributed by atoms with E-state index in [9.17, 15) is 0 Å². The van der Waals surface area contributed by atoms with Crippen molar-refractivity contribution in [2.45, 2.75) is 6.92 Å². The molecule has 0 aliphatic rings. The highest BCUT2D eigenvalue weighted by Gasteiger charge is 2.15. The number of fused-ring (bicyclic) bond motifs is 4. The van der Waals surface area contributed by atoms with Crippen molar-refractivity contribution in [3.05, 3.63) is 164 Å². The number of hydrogen-bond acceptors (Lipinski definition) is 5. The van der Waals surface area contributed by atoms with E-state index in [0.717, 1.165) is 49.1 Å². The van der Waals surface area contributed by atoms with Crippen molar-refractivity contribution in [2.24, 2.45) is 0 Å². The van der Waals surface area contributed by atoms with Gasteiger partial charge in [0.2, 0.25) is 0 Å². The molecule has 0 saturated carbocycles. The topological polar surface area (TPSA) is 51.6 Å². The van der Waals surface area contributed by atoms with Gasteiger partial charge < -0.3 is 0 Å². The zero-order valence-corrected chi connectivity index (χ0v) is 27.2. The van der Waals surface area contributed by atoms with Crippen LogP contribution >= 0.6 is 11.3 Å². The molecule has 0 bridgehead atoms. The summed E-state index contributed by atoms with van der Waals surface area (Å²) in [5.41, 5.74) is 7.35. The van der Waals surface area contributed by atoms with Gasteiger partial charge in [-0.1, -0.05) is 140 Å². The molecule has 8 aromatic rings. The van der Waals surface area contributed by atoms with E-state index in [1.807, 2.05) is 61.5 Å². The van der Waals surface area contributed by atoms with E-state index >= 15 is 0 Å². The van der Waals surface area contributed by atoms with Crippen LogP contribution in [0.5, 0.6) is 0 Å². The van der Waals surface area contributed by atoms with Crippen LogP contribution in [0.2, 0.25) is 0 Å². The maximum absolute atomic E-state index is 4.98. The lowest BCUT2D eigenvalue weighted by Crippen LogP contribution is -2.02. The van der Waals surface area contributed by atoms with Gasteiger partial charge in [0, 0.05) is 22.1 Å². The van der Waals surface area contributed by atoms with Gasteiger partial charge in [-0.3, -0.25) is 0 Å². The predicted molar refractivity (Wildman–Crippen MR) is 203 cm³/mol. The first-order chi connectivity index (χ1) is 23.6. The Bertz CT molecular complexity index is 2530. The molecule has 2 aromatic heterocycles. The highest BCUT2D eigenvalue weighted by molar-refractivity contribution is 7.22. The minimum absolute atomic E-state index is 0.641. The summed E-state index contributed by atoms with van der Waals surface area (Å²) in [5.74, 6) is 1.93. The maximum atomic E-state index is 4.98. The molecule has 0 radical (unpaired) electrons. The maximum Gasteiger partial charge on any atom is 0.164 e. The molecule has 6 aromatic carbocycles. The minimum Gasteiger partial charge on any atom is -0.236 e. The molecule has 5 heteroatoms. The SMILES string of the molecule is C=C/C=C\C=C(/C)c1nc(-c2ccccc2)nc(-c2cccc3cc(-c4ccc5ccc6nc(-c7ccccc7)sc6c5c4)ccc23)n1. The quantitative estimate of drug-likeness (QED) is 0.164. The van der Waals surface area contributed by atoms with Crippen molar-refractivity contribution in [2.75, 3.05) is 0 Å². The highest BCUT2D eigenvalue weighted by atomic mass is 32.1. The van der Waals surface area contributed by atoms with Gasteiger partial charge >= 0.3 is 0 Å². The Morgan fingerprint density at radius 3 is 2.12 bits per heavy atom. The number of allylic oxidation sites excluding steroid dienone is 5. The number of thiazole rings is 1. The van der Waals surface area contributed by atoms with E-state index in [1.54, 1.807) is 17.4 Å². The molecule has 0 aliphatic carbocycles. The van der Waals surface area contributed by atoms with Gasteiger partial charge in [-0.15, -0.1) is 11.3 Å².